The smallest absolute Gasteiger partial charge is 0.227 e. The molecule has 0 amide bonds. The summed E-state index contributed by atoms with van der Waals surface area (Å²) in [5, 5.41) is 8.20. The Morgan fingerprint density at radius 3 is 2.95 bits per heavy atom. The summed E-state index contributed by atoms with van der Waals surface area (Å²) < 4.78 is 16.3. The molecule has 2 aromatic heterocycles. The number of aromatic nitrogens is 2. The molecule has 116 valence electrons. The number of aryl methyl sites for hydroxylation is 1. The average molecular weight is 301 g/mol. The van der Waals surface area contributed by atoms with E-state index in [1.807, 2.05) is 31.2 Å². The van der Waals surface area contributed by atoms with Gasteiger partial charge in [-0.2, -0.15) is 4.98 Å². The number of rotatable bonds is 6. The van der Waals surface area contributed by atoms with Crippen LogP contribution in [0.15, 0.2) is 33.2 Å². The fourth-order valence-corrected chi connectivity index (χ4v) is 2.37. The number of benzene rings is 1. The van der Waals surface area contributed by atoms with E-state index in [2.05, 4.69) is 22.4 Å². The molecule has 1 aromatic carbocycles. The SMILES string of the molecule is COc1cccc2cc([C@@H](C)NCCc3nc(C)no3)oc12. The number of furan rings is 1. The highest BCUT2D eigenvalue weighted by atomic mass is 16.5. The Morgan fingerprint density at radius 1 is 1.36 bits per heavy atom. The molecule has 0 fully saturated rings. The fourth-order valence-electron chi connectivity index (χ4n) is 2.37. The third-order valence-electron chi connectivity index (χ3n) is 3.53. The minimum Gasteiger partial charge on any atom is -0.493 e. The molecule has 0 spiro atoms. The van der Waals surface area contributed by atoms with Gasteiger partial charge >= 0.3 is 0 Å². The molecule has 0 saturated heterocycles. The van der Waals surface area contributed by atoms with E-state index >= 15 is 0 Å². The zero-order valence-electron chi connectivity index (χ0n) is 12.9. The molecule has 6 nitrogen and oxygen atoms in total. The van der Waals surface area contributed by atoms with E-state index in [4.69, 9.17) is 13.7 Å². The molecule has 1 N–H and O–H groups in total. The van der Waals surface area contributed by atoms with Crippen molar-refractivity contribution >= 4 is 11.0 Å². The lowest BCUT2D eigenvalue weighted by molar-refractivity contribution is 0.366. The number of fused-ring (bicyclic) bond motifs is 1. The van der Waals surface area contributed by atoms with Crippen molar-refractivity contribution in [1.29, 1.82) is 0 Å². The topological polar surface area (TPSA) is 73.3 Å². The van der Waals surface area contributed by atoms with Crippen LogP contribution >= 0.6 is 0 Å². The molecule has 0 unspecified atom stereocenters. The third-order valence-corrected chi connectivity index (χ3v) is 3.53. The van der Waals surface area contributed by atoms with E-state index in [0.29, 0.717) is 18.1 Å². The van der Waals surface area contributed by atoms with Crippen LogP contribution in [0.3, 0.4) is 0 Å². The predicted molar refractivity (Wildman–Crippen MR) is 81.9 cm³/mol. The molecule has 0 aliphatic heterocycles. The maximum atomic E-state index is 5.92. The normalized spacial score (nSPS) is 12.7. The van der Waals surface area contributed by atoms with Gasteiger partial charge < -0.3 is 19.0 Å². The van der Waals surface area contributed by atoms with Crippen molar-refractivity contribution in [2.24, 2.45) is 0 Å². The number of hydrogen-bond donors (Lipinski definition) is 1. The summed E-state index contributed by atoms with van der Waals surface area (Å²) in [4.78, 5) is 4.18. The van der Waals surface area contributed by atoms with Crippen molar-refractivity contribution in [2.45, 2.75) is 26.3 Å². The highest BCUT2D eigenvalue weighted by Crippen LogP contribution is 2.30. The third kappa shape index (κ3) is 2.96. The van der Waals surface area contributed by atoms with Gasteiger partial charge in [0.2, 0.25) is 5.89 Å². The Kier molecular flexibility index (Phi) is 4.11. The fraction of sp³-hybridized carbons (Fsp3) is 0.375. The summed E-state index contributed by atoms with van der Waals surface area (Å²) in [5.74, 6) is 2.93. The molecule has 6 heteroatoms. The molecular weight excluding hydrogens is 282 g/mol. The van der Waals surface area contributed by atoms with Crippen LogP contribution in [0.5, 0.6) is 5.75 Å². The summed E-state index contributed by atoms with van der Waals surface area (Å²) in [7, 11) is 1.64. The Labute approximate surface area is 128 Å². The van der Waals surface area contributed by atoms with Gasteiger partial charge in [-0.05, 0) is 26.0 Å². The Balaban J connectivity index is 1.65. The maximum absolute atomic E-state index is 5.92. The Bertz CT molecular complexity index is 763. The van der Waals surface area contributed by atoms with Crippen molar-refractivity contribution in [3.8, 4) is 5.75 Å². The second-order valence-electron chi connectivity index (χ2n) is 5.19. The van der Waals surface area contributed by atoms with E-state index < -0.39 is 0 Å². The van der Waals surface area contributed by atoms with Gasteiger partial charge in [0.05, 0.1) is 13.2 Å². The quantitative estimate of drug-likeness (QED) is 0.754. The number of methoxy groups -OCH3 is 1. The lowest BCUT2D eigenvalue weighted by atomic mass is 10.2. The largest absolute Gasteiger partial charge is 0.493 e. The molecule has 3 rings (SSSR count). The second kappa shape index (κ2) is 6.19. The van der Waals surface area contributed by atoms with E-state index in [1.54, 1.807) is 7.11 Å². The second-order valence-corrected chi connectivity index (χ2v) is 5.19. The predicted octanol–water partition coefficient (Wildman–Crippen LogP) is 3.03. The molecule has 0 bridgehead atoms. The van der Waals surface area contributed by atoms with Crippen LogP contribution in [0.2, 0.25) is 0 Å². The number of nitrogens with one attached hydrogen (secondary N) is 1. The van der Waals surface area contributed by atoms with Crippen LogP contribution in [0.25, 0.3) is 11.0 Å². The maximum Gasteiger partial charge on any atom is 0.227 e. The Morgan fingerprint density at radius 2 is 2.23 bits per heavy atom. The van der Waals surface area contributed by atoms with E-state index in [0.717, 1.165) is 29.0 Å². The molecule has 0 saturated carbocycles. The van der Waals surface area contributed by atoms with Crippen LogP contribution in [-0.4, -0.2) is 23.8 Å². The van der Waals surface area contributed by atoms with Crippen LogP contribution in [0.1, 0.15) is 30.4 Å². The van der Waals surface area contributed by atoms with Crippen molar-refractivity contribution in [2.75, 3.05) is 13.7 Å². The highest BCUT2D eigenvalue weighted by molar-refractivity contribution is 5.83. The van der Waals surface area contributed by atoms with Gasteiger partial charge in [0.25, 0.3) is 0 Å². The first-order valence-electron chi connectivity index (χ1n) is 7.26. The van der Waals surface area contributed by atoms with Gasteiger partial charge in [-0.3, -0.25) is 0 Å². The molecule has 1 atom stereocenters. The van der Waals surface area contributed by atoms with Gasteiger partial charge in [0.1, 0.15) is 5.76 Å². The zero-order chi connectivity index (χ0) is 15.5. The highest BCUT2D eigenvalue weighted by Gasteiger charge is 2.14. The first kappa shape index (κ1) is 14.6. The molecule has 2 heterocycles. The van der Waals surface area contributed by atoms with Crippen LogP contribution in [-0.2, 0) is 6.42 Å². The van der Waals surface area contributed by atoms with Gasteiger partial charge in [-0.25, -0.2) is 0 Å². The summed E-state index contributed by atoms with van der Waals surface area (Å²) in [6.07, 6.45) is 0.689. The van der Waals surface area contributed by atoms with Crippen LogP contribution < -0.4 is 10.1 Å². The summed E-state index contributed by atoms with van der Waals surface area (Å²) in [6, 6.07) is 7.98. The van der Waals surface area contributed by atoms with Crippen molar-refractivity contribution in [3.05, 3.63) is 41.7 Å². The van der Waals surface area contributed by atoms with Crippen LogP contribution in [0.4, 0.5) is 0 Å². The molecular formula is C16H19N3O3. The van der Waals surface area contributed by atoms with E-state index in [-0.39, 0.29) is 6.04 Å². The summed E-state index contributed by atoms with van der Waals surface area (Å²) >= 11 is 0. The number of hydrogen-bond acceptors (Lipinski definition) is 6. The number of ether oxygens (including phenoxy) is 1. The van der Waals surface area contributed by atoms with Crippen molar-refractivity contribution in [3.63, 3.8) is 0 Å². The Hall–Kier alpha value is -2.34. The van der Waals surface area contributed by atoms with Gasteiger partial charge in [-0.1, -0.05) is 17.3 Å². The van der Waals surface area contributed by atoms with Gasteiger partial charge in [0.15, 0.2) is 17.2 Å². The summed E-state index contributed by atoms with van der Waals surface area (Å²) in [5.41, 5.74) is 0.779. The number of para-hydroxylation sites is 1. The first-order chi connectivity index (χ1) is 10.7. The lowest BCUT2D eigenvalue weighted by Crippen LogP contribution is -2.21. The van der Waals surface area contributed by atoms with E-state index in [9.17, 15) is 0 Å². The molecule has 22 heavy (non-hydrogen) atoms. The van der Waals surface area contributed by atoms with Gasteiger partial charge in [0, 0.05) is 18.4 Å². The average Bonchev–Trinajstić information content (AvgIpc) is 3.12. The standard InChI is InChI=1S/C16H19N3O3/c1-10(17-8-7-15-18-11(2)19-22-15)14-9-12-5-4-6-13(20-3)16(12)21-14/h4-6,9-10,17H,7-8H2,1-3H3/t10-/m1/s1. The minimum atomic E-state index is 0.0844. The first-order valence-corrected chi connectivity index (χ1v) is 7.26. The van der Waals surface area contributed by atoms with Crippen molar-refractivity contribution in [1.82, 2.24) is 15.5 Å². The summed E-state index contributed by atoms with van der Waals surface area (Å²) in [6.45, 7) is 4.60. The molecule has 3 aromatic rings. The minimum absolute atomic E-state index is 0.0844. The van der Waals surface area contributed by atoms with Crippen LogP contribution in [0, 0.1) is 6.92 Å². The monoisotopic (exact) mass is 301 g/mol. The van der Waals surface area contributed by atoms with Crippen molar-refractivity contribution < 1.29 is 13.7 Å². The molecule has 0 radical (unpaired) electrons. The lowest BCUT2D eigenvalue weighted by Gasteiger charge is -2.09. The van der Waals surface area contributed by atoms with Gasteiger partial charge in [-0.15, -0.1) is 0 Å². The molecule has 0 aliphatic rings. The number of nitrogens with zero attached hydrogens (tertiary/aromatic N) is 2. The van der Waals surface area contributed by atoms with E-state index in [1.165, 1.54) is 0 Å². The molecule has 0 aliphatic carbocycles. The zero-order valence-corrected chi connectivity index (χ0v) is 12.9.